The Morgan fingerprint density at radius 1 is 1.17 bits per heavy atom. The van der Waals surface area contributed by atoms with Crippen molar-refractivity contribution >= 4 is 11.3 Å². The molecule has 0 saturated heterocycles. The van der Waals surface area contributed by atoms with Gasteiger partial charge in [-0.25, -0.2) is 4.98 Å². The van der Waals surface area contributed by atoms with Crippen molar-refractivity contribution in [2.24, 2.45) is 0 Å². The number of oxazole rings is 1. The zero-order valence-electron chi connectivity index (χ0n) is 13.6. The number of hydrogen-bond acceptors (Lipinski definition) is 5. The number of para-hydroxylation sites is 1. The summed E-state index contributed by atoms with van der Waals surface area (Å²) >= 11 is 1.64. The summed E-state index contributed by atoms with van der Waals surface area (Å²) in [6.45, 7) is 3.50. The van der Waals surface area contributed by atoms with Crippen molar-refractivity contribution in [2.75, 3.05) is 14.2 Å². The van der Waals surface area contributed by atoms with Crippen LogP contribution >= 0.6 is 11.3 Å². The van der Waals surface area contributed by atoms with Crippen LogP contribution in [0.15, 0.2) is 46.2 Å². The minimum atomic E-state index is 0.707. The summed E-state index contributed by atoms with van der Waals surface area (Å²) in [6, 6.07) is 12.1. The number of methoxy groups -OCH3 is 1. The highest BCUT2D eigenvalue weighted by Gasteiger charge is 2.14. The molecule has 0 aliphatic carbocycles. The van der Waals surface area contributed by atoms with Gasteiger partial charge in [-0.3, -0.25) is 4.90 Å². The number of nitrogens with zero attached hydrogens (tertiary/aromatic N) is 2. The van der Waals surface area contributed by atoms with Crippen LogP contribution in [0.2, 0.25) is 0 Å². The molecule has 5 heteroatoms. The van der Waals surface area contributed by atoms with E-state index in [0.717, 1.165) is 40.7 Å². The maximum Gasteiger partial charge on any atom is 0.236 e. The molecule has 3 rings (SSSR count). The second-order valence-electron chi connectivity index (χ2n) is 5.48. The van der Waals surface area contributed by atoms with Gasteiger partial charge in [-0.15, -0.1) is 11.3 Å². The van der Waals surface area contributed by atoms with Gasteiger partial charge in [0.1, 0.15) is 11.5 Å². The molecule has 0 amide bonds. The number of rotatable bonds is 6. The van der Waals surface area contributed by atoms with Crippen LogP contribution in [-0.2, 0) is 13.1 Å². The predicted octanol–water partition coefficient (Wildman–Crippen LogP) is 4.35. The van der Waals surface area contributed by atoms with Gasteiger partial charge < -0.3 is 9.15 Å². The highest BCUT2D eigenvalue weighted by Crippen LogP contribution is 2.27. The summed E-state index contributed by atoms with van der Waals surface area (Å²) in [4.78, 5) is 7.92. The fourth-order valence-corrected chi connectivity index (χ4v) is 3.17. The van der Waals surface area contributed by atoms with Crippen LogP contribution in [0.25, 0.3) is 10.8 Å². The van der Waals surface area contributed by atoms with E-state index < -0.39 is 0 Å². The summed E-state index contributed by atoms with van der Waals surface area (Å²) in [6.07, 6.45) is 0. The molecular weight excluding hydrogens is 308 g/mol. The zero-order valence-corrected chi connectivity index (χ0v) is 14.4. The third kappa shape index (κ3) is 3.63. The number of aryl methyl sites for hydroxylation is 1. The molecule has 0 unspecified atom stereocenters. The molecule has 0 spiro atoms. The Morgan fingerprint density at radius 2 is 2.00 bits per heavy atom. The number of hydrogen-bond donors (Lipinski definition) is 0. The van der Waals surface area contributed by atoms with Crippen molar-refractivity contribution in [1.29, 1.82) is 0 Å². The third-order valence-electron chi connectivity index (χ3n) is 3.68. The van der Waals surface area contributed by atoms with Gasteiger partial charge in [0.25, 0.3) is 0 Å². The lowest BCUT2D eigenvalue weighted by atomic mass is 10.2. The van der Waals surface area contributed by atoms with Crippen molar-refractivity contribution in [3.8, 4) is 16.5 Å². The number of thiophene rings is 1. The minimum Gasteiger partial charge on any atom is -0.496 e. The summed E-state index contributed by atoms with van der Waals surface area (Å²) in [7, 11) is 3.78. The van der Waals surface area contributed by atoms with Crippen LogP contribution in [-0.4, -0.2) is 24.0 Å². The molecule has 4 nitrogen and oxygen atoms in total. The fraction of sp³-hybridized carbons (Fsp3) is 0.278. The van der Waals surface area contributed by atoms with Gasteiger partial charge >= 0.3 is 0 Å². The lowest BCUT2D eigenvalue weighted by molar-refractivity contribution is 0.305. The number of aromatic nitrogens is 1. The van der Waals surface area contributed by atoms with Crippen LogP contribution in [0.1, 0.15) is 17.0 Å². The van der Waals surface area contributed by atoms with E-state index in [-0.39, 0.29) is 0 Å². The van der Waals surface area contributed by atoms with Crippen molar-refractivity contribution in [3.63, 3.8) is 0 Å². The molecule has 2 heterocycles. The van der Waals surface area contributed by atoms with E-state index >= 15 is 0 Å². The third-order valence-corrected chi connectivity index (χ3v) is 4.53. The average Bonchev–Trinajstić information content (AvgIpc) is 3.18. The lowest BCUT2D eigenvalue weighted by Crippen LogP contribution is -2.18. The Balaban J connectivity index is 1.72. The van der Waals surface area contributed by atoms with Gasteiger partial charge in [-0.05, 0) is 31.5 Å². The lowest BCUT2D eigenvalue weighted by Gasteiger charge is -2.17. The maximum atomic E-state index is 5.80. The average molecular weight is 328 g/mol. The van der Waals surface area contributed by atoms with Crippen LogP contribution in [0, 0.1) is 6.92 Å². The second kappa shape index (κ2) is 6.98. The summed E-state index contributed by atoms with van der Waals surface area (Å²) in [5.74, 6) is 2.49. The van der Waals surface area contributed by atoms with Crippen LogP contribution in [0.5, 0.6) is 5.75 Å². The quantitative estimate of drug-likeness (QED) is 0.674. The summed E-state index contributed by atoms with van der Waals surface area (Å²) < 4.78 is 11.2. The first-order valence-corrected chi connectivity index (χ1v) is 8.36. The van der Waals surface area contributed by atoms with E-state index in [9.17, 15) is 0 Å². The first kappa shape index (κ1) is 15.8. The van der Waals surface area contributed by atoms with Gasteiger partial charge in [0, 0.05) is 18.7 Å². The Hall–Kier alpha value is -2.11. The SMILES string of the molecule is COc1ccccc1CN(C)Cc1nc(-c2cccs2)oc1C. The van der Waals surface area contributed by atoms with Crippen molar-refractivity contribution < 1.29 is 9.15 Å². The first-order valence-electron chi connectivity index (χ1n) is 7.48. The maximum absolute atomic E-state index is 5.80. The molecule has 0 aliphatic heterocycles. The smallest absolute Gasteiger partial charge is 0.236 e. The van der Waals surface area contributed by atoms with Crippen molar-refractivity contribution in [1.82, 2.24) is 9.88 Å². The van der Waals surface area contributed by atoms with E-state index in [1.54, 1.807) is 18.4 Å². The Morgan fingerprint density at radius 3 is 2.74 bits per heavy atom. The first-order chi connectivity index (χ1) is 11.2. The van der Waals surface area contributed by atoms with E-state index in [1.165, 1.54) is 0 Å². The standard InChI is InChI=1S/C18H20N2O2S/c1-13-15(19-18(22-13)17-9-6-10-23-17)12-20(2)11-14-7-4-5-8-16(14)21-3/h4-10H,11-12H2,1-3H3. The Labute approximate surface area is 140 Å². The predicted molar refractivity (Wildman–Crippen MR) is 92.7 cm³/mol. The highest BCUT2D eigenvalue weighted by molar-refractivity contribution is 7.13. The topological polar surface area (TPSA) is 38.5 Å². The molecule has 0 atom stereocenters. The molecule has 0 N–H and O–H groups in total. The molecule has 0 aliphatic rings. The molecule has 2 aromatic heterocycles. The normalized spacial score (nSPS) is 11.1. The molecule has 0 fully saturated rings. The molecule has 0 bridgehead atoms. The van der Waals surface area contributed by atoms with Gasteiger partial charge in [0.2, 0.25) is 5.89 Å². The van der Waals surface area contributed by atoms with Crippen LogP contribution in [0.3, 0.4) is 0 Å². The summed E-state index contributed by atoms with van der Waals surface area (Å²) in [5.41, 5.74) is 2.14. The molecule has 120 valence electrons. The summed E-state index contributed by atoms with van der Waals surface area (Å²) in [5, 5.41) is 2.03. The van der Waals surface area contributed by atoms with Crippen LogP contribution in [0.4, 0.5) is 0 Å². The molecule has 0 radical (unpaired) electrons. The van der Waals surface area contributed by atoms with Crippen molar-refractivity contribution in [2.45, 2.75) is 20.0 Å². The van der Waals surface area contributed by atoms with Gasteiger partial charge in [-0.2, -0.15) is 0 Å². The number of benzene rings is 1. The van der Waals surface area contributed by atoms with Gasteiger partial charge in [0.15, 0.2) is 0 Å². The largest absolute Gasteiger partial charge is 0.496 e. The Bertz CT molecular complexity index is 765. The zero-order chi connectivity index (χ0) is 16.2. The van der Waals surface area contributed by atoms with Gasteiger partial charge in [0.05, 0.1) is 17.7 Å². The molecular formula is C18H20N2O2S. The minimum absolute atomic E-state index is 0.707. The molecule has 3 aromatic rings. The Kier molecular flexibility index (Phi) is 4.79. The molecule has 23 heavy (non-hydrogen) atoms. The highest BCUT2D eigenvalue weighted by atomic mass is 32.1. The van der Waals surface area contributed by atoms with E-state index in [0.29, 0.717) is 5.89 Å². The van der Waals surface area contributed by atoms with E-state index in [2.05, 4.69) is 23.0 Å². The van der Waals surface area contributed by atoms with E-state index in [1.807, 2.05) is 42.6 Å². The van der Waals surface area contributed by atoms with Crippen LogP contribution < -0.4 is 4.74 Å². The van der Waals surface area contributed by atoms with E-state index in [4.69, 9.17) is 9.15 Å². The fourth-order valence-electron chi connectivity index (χ4n) is 2.52. The molecule has 0 saturated carbocycles. The second-order valence-corrected chi connectivity index (χ2v) is 6.43. The van der Waals surface area contributed by atoms with Gasteiger partial charge in [-0.1, -0.05) is 24.3 Å². The van der Waals surface area contributed by atoms with Crippen molar-refractivity contribution in [3.05, 3.63) is 58.8 Å². The monoisotopic (exact) mass is 328 g/mol. The number of ether oxygens (including phenoxy) is 1. The molecule has 1 aromatic carbocycles.